The van der Waals surface area contributed by atoms with Crippen molar-refractivity contribution in [3.8, 4) is 11.8 Å². The van der Waals surface area contributed by atoms with Gasteiger partial charge in [-0.05, 0) is 25.1 Å². The van der Waals surface area contributed by atoms with Crippen LogP contribution in [0.1, 0.15) is 19.8 Å². The average Bonchev–Trinajstić information content (AvgIpc) is 2.63. The molecule has 6 nitrogen and oxygen atoms in total. The van der Waals surface area contributed by atoms with Crippen LogP contribution < -0.4 is 9.47 Å². The number of nitrogens with zero attached hydrogens (tertiary/aromatic N) is 3. The lowest BCUT2D eigenvalue weighted by atomic mass is 10.1. The van der Waals surface area contributed by atoms with Crippen LogP contribution in [0.5, 0.6) is 11.8 Å². The van der Waals surface area contributed by atoms with Crippen molar-refractivity contribution in [1.82, 2.24) is 14.9 Å². The smallest absolute Gasteiger partial charge is 0.316 e. The molecule has 1 atom stereocenters. The minimum atomic E-state index is -0.498. The summed E-state index contributed by atoms with van der Waals surface area (Å²) in [5, 5.41) is 0. The number of para-hydroxylation sites is 1. The number of benzene rings is 1. The molecule has 0 bridgehead atoms. The van der Waals surface area contributed by atoms with Crippen molar-refractivity contribution >= 4 is 5.91 Å². The van der Waals surface area contributed by atoms with Crippen molar-refractivity contribution in [3.63, 3.8) is 0 Å². The molecule has 2 heterocycles. The summed E-state index contributed by atoms with van der Waals surface area (Å²) in [4.78, 5) is 22.5. The van der Waals surface area contributed by atoms with Gasteiger partial charge in [0.25, 0.3) is 5.91 Å². The Morgan fingerprint density at radius 1 is 1.12 bits per heavy atom. The highest BCUT2D eigenvalue weighted by Gasteiger charge is 2.28. The third kappa shape index (κ3) is 4.22. The number of hydrogen-bond donors (Lipinski definition) is 0. The topological polar surface area (TPSA) is 64.5 Å². The number of ether oxygens (including phenoxy) is 2. The van der Waals surface area contributed by atoms with E-state index in [1.165, 1.54) is 0 Å². The van der Waals surface area contributed by atoms with Crippen LogP contribution in [0.2, 0.25) is 0 Å². The summed E-state index contributed by atoms with van der Waals surface area (Å²) < 4.78 is 11.5. The Morgan fingerprint density at radius 3 is 2.46 bits per heavy atom. The number of hydrogen-bond acceptors (Lipinski definition) is 5. The van der Waals surface area contributed by atoms with Gasteiger partial charge in [0.2, 0.25) is 0 Å². The number of rotatable bonds is 5. The fraction of sp³-hybridized carbons (Fsp3) is 0.389. The van der Waals surface area contributed by atoms with Crippen molar-refractivity contribution in [2.45, 2.75) is 32.0 Å². The first-order chi connectivity index (χ1) is 11.7. The van der Waals surface area contributed by atoms with E-state index >= 15 is 0 Å². The summed E-state index contributed by atoms with van der Waals surface area (Å²) in [5.41, 5.74) is 0. The zero-order valence-corrected chi connectivity index (χ0v) is 13.7. The van der Waals surface area contributed by atoms with E-state index in [4.69, 9.17) is 9.47 Å². The van der Waals surface area contributed by atoms with Crippen LogP contribution in [0.15, 0.2) is 48.8 Å². The molecule has 3 rings (SSSR count). The predicted molar refractivity (Wildman–Crippen MR) is 88.8 cm³/mol. The van der Waals surface area contributed by atoms with Gasteiger partial charge in [-0.15, -0.1) is 0 Å². The van der Waals surface area contributed by atoms with Crippen LogP contribution in [0.25, 0.3) is 0 Å². The maximum atomic E-state index is 12.5. The van der Waals surface area contributed by atoms with E-state index in [9.17, 15) is 4.79 Å². The van der Waals surface area contributed by atoms with Crippen molar-refractivity contribution in [2.24, 2.45) is 0 Å². The van der Waals surface area contributed by atoms with Gasteiger partial charge >= 0.3 is 6.01 Å². The molecular formula is C18H21N3O3. The Bertz CT molecular complexity index is 643. The van der Waals surface area contributed by atoms with E-state index in [0.717, 1.165) is 12.8 Å². The summed E-state index contributed by atoms with van der Waals surface area (Å²) in [7, 11) is 0. The first kappa shape index (κ1) is 16.2. The van der Waals surface area contributed by atoms with Gasteiger partial charge in [0.1, 0.15) is 11.9 Å². The van der Waals surface area contributed by atoms with Crippen LogP contribution >= 0.6 is 0 Å². The van der Waals surface area contributed by atoms with E-state index in [0.29, 0.717) is 24.8 Å². The Labute approximate surface area is 141 Å². The third-order valence-electron chi connectivity index (χ3n) is 3.97. The lowest BCUT2D eigenvalue weighted by Gasteiger charge is -2.33. The van der Waals surface area contributed by atoms with Gasteiger partial charge in [-0.25, -0.2) is 9.97 Å². The second kappa shape index (κ2) is 7.77. The van der Waals surface area contributed by atoms with Gasteiger partial charge < -0.3 is 14.4 Å². The lowest BCUT2D eigenvalue weighted by molar-refractivity contribution is -0.139. The predicted octanol–water partition coefficient (Wildman–Crippen LogP) is 2.31. The zero-order valence-electron chi connectivity index (χ0n) is 13.7. The minimum absolute atomic E-state index is 0.00765. The molecule has 2 aromatic rings. The Balaban J connectivity index is 1.48. The van der Waals surface area contributed by atoms with E-state index in [2.05, 4.69) is 9.97 Å². The fourth-order valence-corrected chi connectivity index (χ4v) is 2.70. The summed E-state index contributed by atoms with van der Waals surface area (Å²) in [6.07, 6.45) is 4.39. The molecule has 1 saturated heterocycles. The first-order valence-electron chi connectivity index (χ1n) is 8.16. The summed E-state index contributed by atoms with van der Waals surface area (Å²) >= 11 is 0. The molecule has 0 radical (unpaired) electrons. The monoisotopic (exact) mass is 327 g/mol. The highest BCUT2D eigenvalue weighted by molar-refractivity contribution is 5.81. The van der Waals surface area contributed by atoms with Gasteiger partial charge in [0.15, 0.2) is 6.10 Å². The number of piperidine rings is 1. The largest absolute Gasteiger partial charge is 0.481 e. The second-order valence-electron chi connectivity index (χ2n) is 5.75. The van der Waals surface area contributed by atoms with E-state index in [1.807, 2.05) is 35.2 Å². The standard InChI is InChI=1S/C18H21N3O3/c1-14(23-15-6-3-2-4-7-15)17(22)21-12-8-16(9-13-21)24-18-19-10-5-11-20-18/h2-7,10-11,14,16H,8-9,12-13H2,1H3. The molecule has 1 fully saturated rings. The molecule has 1 aromatic carbocycles. The molecule has 1 aliphatic heterocycles. The minimum Gasteiger partial charge on any atom is -0.481 e. The molecule has 1 aliphatic rings. The van der Waals surface area contributed by atoms with E-state index < -0.39 is 6.10 Å². The molecule has 0 spiro atoms. The number of amides is 1. The number of aromatic nitrogens is 2. The SMILES string of the molecule is CC(Oc1ccccc1)C(=O)N1CCC(Oc2ncccn2)CC1. The van der Waals surface area contributed by atoms with Crippen molar-refractivity contribution in [3.05, 3.63) is 48.8 Å². The summed E-state index contributed by atoms with van der Waals surface area (Å²) in [6, 6.07) is 11.5. The molecule has 1 aromatic heterocycles. The molecule has 126 valence electrons. The molecule has 24 heavy (non-hydrogen) atoms. The number of likely N-dealkylation sites (tertiary alicyclic amines) is 1. The van der Waals surface area contributed by atoms with Crippen molar-refractivity contribution in [2.75, 3.05) is 13.1 Å². The average molecular weight is 327 g/mol. The van der Waals surface area contributed by atoms with Crippen molar-refractivity contribution in [1.29, 1.82) is 0 Å². The van der Waals surface area contributed by atoms with Gasteiger partial charge in [-0.3, -0.25) is 4.79 Å². The molecule has 0 N–H and O–H groups in total. The molecular weight excluding hydrogens is 306 g/mol. The van der Waals surface area contributed by atoms with Crippen LogP contribution in [-0.4, -0.2) is 46.1 Å². The molecule has 0 saturated carbocycles. The van der Waals surface area contributed by atoms with Crippen molar-refractivity contribution < 1.29 is 14.3 Å². The normalized spacial score (nSPS) is 16.5. The summed E-state index contributed by atoms with van der Waals surface area (Å²) in [5.74, 6) is 0.714. The van der Waals surface area contributed by atoms with Crippen LogP contribution in [0, 0.1) is 0 Å². The molecule has 0 aliphatic carbocycles. The van der Waals surface area contributed by atoms with Gasteiger partial charge in [0, 0.05) is 38.3 Å². The maximum Gasteiger partial charge on any atom is 0.316 e. The molecule has 1 amide bonds. The number of carbonyl (C=O) groups is 1. The Kier molecular flexibility index (Phi) is 5.25. The molecule has 6 heteroatoms. The highest BCUT2D eigenvalue weighted by atomic mass is 16.5. The van der Waals surface area contributed by atoms with Gasteiger partial charge in [-0.2, -0.15) is 0 Å². The van der Waals surface area contributed by atoms with Crippen LogP contribution in [-0.2, 0) is 4.79 Å². The lowest BCUT2D eigenvalue weighted by Crippen LogP contribution is -2.46. The third-order valence-corrected chi connectivity index (χ3v) is 3.97. The van der Waals surface area contributed by atoms with Crippen LogP contribution in [0.4, 0.5) is 0 Å². The van der Waals surface area contributed by atoms with E-state index in [1.54, 1.807) is 25.4 Å². The Hall–Kier alpha value is -2.63. The maximum absolute atomic E-state index is 12.5. The number of carbonyl (C=O) groups excluding carboxylic acids is 1. The zero-order chi connectivity index (χ0) is 16.8. The summed E-state index contributed by atoms with van der Waals surface area (Å²) in [6.45, 7) is 3.09. The first-order valence-corrected chi connectivity index (χ1v) is 8.16. The van der Waals surface area contributed by atoms with Gasteiger partial charge in [-0.1, -0.05) is 18.2 Å². The highest BCUT2D eigenvalue weighted by Crippen LogP contribution is 2.18. The van der Waals surface area contributed by atoms with Gasteiger partial charge in [0.05, 0.1) is 0 Å². The quantitative estimate of drug-likeness (QED) is 0.843. The Morgan fingerprint density at radius 2 is 1.79 bits per heavy atom. The fourth-order valence-electron chi connectivity index (χ4n) is 2.70. The molecule has 1 unspecified atom stereocenters. The van der Waals surface area contributed by atoms with Crippen LogP contribution in [0.3, 0.4) is 0 Å². The second-order valence-corrected chi connectivity index (χ2v) is 5.75. The van der Waals surface area contributed by atoms with E-state index in [-0.39, 0.29) is 12.0 Å².